The number of carbonyl (C=O) groups is 1. The van der Waals surface area contributed by atoms with Crippen molar-refractivity contribution >= 4 is 5.91 Å². The van der Waals surface area contributed by atoms with Crippen LogP contribution in [0.3, 0.4) is 0 Å². The number of nitrogens with one attached hydrogen (secondary N) is 1. The molecule has 88 valence electrons. The van der Waals surface area contributed by atoms with Gasteiger partial charge in [-0.3, -0.25) is 4.79 Å². The minimum absolute atomic E-state index is 0.112. The van der Waals surface area contributed by atoms with Crippen molar-refractivity contribution in [2.75, 3.05) is 6.61 Å². The predicted octanol–water partition coefficient (Wildman–Crippen LogP) is 1.47. The van der Waals surface area contributed by atoms with Crippen LogP contribution in [-0.4, -0.2) is 23.2 Å². The Bertz CT molecular complexity index is 385. The summed E-state index contributed by atoms with van der Waals surface area (Å²) in [6.45, 7) is 2.93. The van der Waals surface area contributed by atoms with Gasteiger partial charge in [-0.25, -0.2) is 8.78 Å². The number of benzene rings is 1. The first-order valence-corrected chi connectivity index (χ1v) is 4.73. The van der Waals surface area contributed by atoms with Gasteiger partial charge in [0.2, 0.25) is 0 Å². The van der Waals surface area contributed by atoms with E-state index in [2.05, 4.69) is 5.32 Å². The maximum Gasteiger partial charge on any atom is 0.251 e. The monoisotopic (exact) mass is 229 g/mol. The molecule has 16 heavy (non-hydrogen) atoms. The molecular weight excluding hydrogens is 216 g/mol. The first-order valence-electron chi connectivity index (χ1n) is 4.73. The first kappa shape index (κ1) is 12.6. The van der Waals surface area contributed by atoms with Gasteiger partial charge in [0.15, 0.2) is 0 Å². The molecule has 2 N–H and O–H groups in total. The van der Waals surface area contributed by atoms with Crippen molar-refractivity contribution in [2.24, 2.45) is 0 Å². The third kappa shape index (κ3) is 3.27. The fraction of sp³-hybridized carbons (Fsp3) is 0.364. The molecule has 0 unspecified atom stereocenters. The highest BCUT2D eigenvalue weighted by Crippen LogP contribution is 2.09. The van der Waals surface area contributed by atoms with Gasteiger partial charge in [-0.05, 0) is 26.0 Å². The van der Waals surface area contributed by atoms with Gasteiger partial charge in [0.25, 0.3) is 5.91 Å². The molecule has 0 radical (unpaired) electrons. The van der Waals surface area contributed by atoms with Gasteiger partial charge in [0.1, 0.15) is 11.6 Å². The maximum atomic E-state index is 12.8. The van der Waals surface area contributed by atoms with Crippen LogP contribution >= 0.6 is 0 Å². The van der Waals surface area contributed by atoms with Crippen LogP contribution < -0.4 is 5.32 Å². The third-order valence-electron chi connectivity index (χ3n) is 1.97. The third-order valence-corrected chi connectivity index (χ3v) is 1.97. The molecule has 5 heteroatoms. The summed E-state index contributed by atoms with van der Waals surface area (Å²) in [5.74, 6) is -2.25. The van der Waals surface area contributed by atoms with Crippen molar-refractivity contribution < 1.29 is 18.7 Å². The largest absolute Gasteiger partial charge is 0.394 e. The normalized spacial score (nSPS) is 11.3. The lowest BCUT2D eigenvalue weighted by atomic mass is 10.1. The molecule has 1 aromatic rings. The van der Waals surface area contributed by atoms with Gasteiger partial charge in [-0.2, -0.15) is 0 Å². The second-order valence-electron chi connectivity index (χ2n) is 4.15. The van der Waals surface area contributed by atoms with E-state index >= 15 is 0 Å². The van der Waals surface area contributed by atoms with Crippen molar-refractivity contribution in [1.82, 2.24) is 5.32 Å². The number of hydrogen-bond donors (Lipinski definition) is 2. The lowest BCUT2D eigenvalue weighted by molar-refractivity contribution is 0.0868. The van der Waals surface area contributed by atoms with Crippen LogP contribution in [0.15, 0.2) is 18.2 Å². The van der Waals surface area contributed by atoms with Gasteiger partial charge in [-0.15, -0.1) is 0 Å². The van der Waals surface area contributed by atoms with Crippen LogP contribution in [0, 0.1) is 11.6 Å². The average Bonchev–Trinajstić information content (AvgIpc) is 2.15. The number of aliphatic hydroxyl groups is 1. The second-order valence-corrected chi connectivity index (χ2v) is 4.15. The Balaban J connectivity index is 2.89. The highest BCUT2D eigenvalue weighted by Gasteiger charge is 2.20. The van der Waals surface area contributed by atoms with Crippen LogP contribution in [0.4, 0.5) is 8.78 Å². The molecule has 1 amide bonds. The molecule has 0 bridgehead atoms. The van der Waals surface area contributed by atoms with Gasteiger partial charge in [-0.1, -0.05) is 0 Å². The summed E-state index contributed by atoms with van der Waals surface area (Å²) in [5.41, 5.74) is -0.945. The minimum Gasteiger partial charge on any atom is -0.394 e. The summed E-state index contributed by atoms with van der Waals surface area (Å²) in [4.78, 5) is 11.6. The molecule has 0 saturated carbocycles. The molecule has 0 fully saturated rings. The van der Waals surface area contributed by atoms with E-state index in [1.54, 1.807) is 13.8 Å². The Morgan fingerprint density at radius 2 is 1.81 bits per heavy atom. The Hall–Kier alpha value is -1.49. The summed E-state index contributed by atoms with van der Waals surface area (Å²) in [7, 11) is 0. The van der Waals surface area contributed by atoms with Crippen LogP contribution in [0.25, 0.3) is 0 Å². The molecular formula is C11H13F2NO2. The Kier molecular flexibility index (Phi) is 3.59. The smallest absolute Gasteiger partial charge is 0.251 e. The summed E-state index contributed by atoms with van der Waals surface area (Å²) < 4.78 is 25.7. The Morgan fingerprint density at radius 3 is 2.25 bits per heavy atom. The lowest BCUT2D eigenvalue weighted by Crippen LogP contribution is -2.46. The van der Waals surface area contributed by atoms with Gasteiger partial charge < -0.3 is 10.4 Å². The summed E-state index contributed by atoms with van der Waals surface area (Å²) in [6, 6.07) is 2.56. The van der Waals surface area contributed by atoms with Crippen LogP contribution in [-0.2, 0) is 0 Å². The van der Waals surface area contributed by atoms with Gasteiger partial charge in [0, 0.05) is 11.6 Å². The number of halogens is 2. The maximum absolute atomic E-state index is 12.8. The average molecular weight is 229 g/mol. The first-order chi connectivity index (χ1) is 7.34. The van der Waals surface area contributed by atoms with E-state index in [1.165, 1.54) is 0 Å². The van der Waals surface area contributed by atoms with E-state index in [0.717, 1.165) is 12.1 Å². The fourth-order valence-electron chi connectivity index (χ4n) is 1.10. The second kappa shape index (κ2) is 4.57. The molecule has 3 nitrogen and oxygen atoms in total. The van der Waals surface area contributed by atoms with E-state index in [1.807, 2.05) is 0 Å². The number of aliphatic hydroxyl groups excluding tert-OH is 1. The molecule has 1 aromatic carbocycles. The Labute approximate surface area is 92.1 Å². The SMILES string of the molecule is CC(C)(CO)NC(=O)c1cc(F)cc(F)c1. The summed E-state index contributed by atoms with van der Waals surface area (Å²) in [5, 5.41) is 11.4. The van der Waals surface area contributed by atoms with E-state index in [0.29, 0.717) is 6.07 Å². The molecule has 0 aliphatic heterocycles. The van der Waals surface area contributed by atoms with Crippen molar-refractivity contribution in [3.05, 3.63) is 35.4 Å². The number of rotatable bonds is 3. The van der Waals surface area contributed by atoms with E-state index in [9.17, 15) is 13.6 Å². The van der Waals surface area contributed by atoms with Crippen LogP contribution in [0.2, 0.25) is 0 Å². The number of carbonyl (C=O) groups excluding carboxylic acids is 1. The van der Waals surface area contributed by atoms with Crippen molar-refractivity contribution in [3.63, 3.8) is 0 Å². The van der Waals surface area contributed by atoms with Gasteiger partial charge in [0.05, 0.1) is 12.1 Å². The van der Waals surface area contributed by atoms with Gasteiger partial charge >= 0.3 is 0 Å². The molecule has 1 rings (SSSR count). The quantitative estimate of drug-likeness (QED) is 0.824. The van der Waals surface area contributed by atoms with Crippen molar-refractivity contribution in [3.8, 4) is 0 Å². The molecule has 0 aliphatic rings. The standard InChI is InChI=1S/C11H13F2NO2/c1-11(2,6-15)14-10(16)7-3-8(12)5-9(13)4-7/h3-5,15H,6H2,1-2H3,(H,14,16). The van der Waals surface area contributed by atoms with Crippen LogP contribution in [0.5, 0.6) is 0 Å². The van der Waals surface area contributed by atoms with Crippen LogP contribution in [0.1, 0.15) is 24.2 Å². The summed E-state index contributed by atoms with van der Waals surface area (Å²) in [6.07, 6.45) is 0. The summed E-state index contributed by atoms with van der Waals surface area (Å²) >= 11 is 0. The molecule has 0 aromatic heterocycles. The van der Waals surface area contributed by atoms with E-state index in [-0.39, 0.29) is 12.2 Å². The van der Waals surface area contributed by atoms with E-state index < -0.39 is 23.1 Å². The minimum atomic E-state index is -0.833. The highest BCUT2D eigenvalue weighted by molar-refractivity contribution is 5.94. The van der Waals surface area contributed by atoms with Crippen molar-refractivity contribution in [1.29, 1.82) is 0 Å². The molecule has 0 spiro atoms. The predicted molar refractivity (Wildman–Crippen MR) is 55.0 cm³/mol. The Morgan fingerprint density at radius 1 is 1.31 bits per heavy atom. The lowest BCUT2D eigenvalue weighted by Gasteiger charge is -2.23. The zero-order valence-electron chi connectivity index (χ0n) is 9.05. The van der Waals surface area contributed by atoms with E-state index in [4.69, 9.17) is 5.11 Å². The molecule has 0 saturated heterocycles. The fourth-order valence-corrected chi connectivity index (χ4v) is 1.10. The molecule has 0 atom stereocenters. The van der Waals surface area contributed by atoms with Crippen molar-refractivity contribution in [2.45, 2.75) is 19.4 Å². The zero-order chi connectivity index (χ0) is 12.3. The topological polar surface area (TPSA) is 49.3 Å². The zero-order valence-corrected chi connectivity index (χ0v) is 9.05. The highest BCUT2D eigenvalue weighted by atomic mass is 19.1. The number of hydrogen-bond acceptors (Lipinski definition) is 2. The molecule has 0 heterocycles. The molecule has 0 aliphatic carbocycles. The number of amides is 1.